The van der Waals surface area contributed by atoms with Gasteiger partial charge in [-0.05, 0) is 12.8 Å². The highest BCUT2D eigenvalue weighted by atomic mass is 16.7. The summed E-state index contributed by atoms with van der Waals surface area (Å²) in [6, 6.07) is 0. The van der Waals surface area contributed by atoms with E-state index >= 15 is 0 Å². The first-order chi connectivity index (χ1) is 23.3. The molecule has 1 aliphatic heterocycles. The molecule has 1 fully saturated rings. The zero-order valence-corrected chi connectivity index (χ0v) is 30.5. The van der Waals surface area contributed by atoms with Gasteiger partial charge in [0.05, 0.1) is 13.2 Å². The van der Waals surface area contributed by atoms with E-state index in [1.54, 1.807) is 0 Å². The first-order valence-corrected chi connectivity index (χ1v) is 19.6. The number of rotatable bonds is 32. The normalized spacial score (nSPS) is 21.7. The molecule has 48 heavy (non-hydrogen) atoms. The molecule has 284 valence electrons. The molecule has 1 heterocycles. The standard InChI is InChI=1S/C38H72O10/c1-3-5-7-9-11-13-14-15-16-17-18-19-21-23-25-27-34(41)47-31(29-45-33(40)26-24-22-20-12-10-8-6-4-2)30-46-38-37(44)36(43)35(42)32(28-39)48-38/h31-32,35-39,42-44H,3-30H2,1-2H3/t31-,32-,35+,36?,37?,38-/m1/s1. The van der Waals surface area contributed by atoms with Crippen molar-refractivity contribution in [1.82, 2.24) is 0 Å². The molecule has 10 heteroatoms. The fourth-order valence-corrected chi connectivity index (χ4v) is 6.07. The summed E-state index contributed by atoms with van der Waals surface area (Å²) in [5, 5.41) is 39.8. The van der Waals surface area contributed by atoms with Crippen molar-refractivity contribution < 1.29 is 49.0 Å². The van der Waals surface area contributed by atoms with Gasteiger partial charge in [0.1, 0.15) is 31.0 Å². The van der Waals surface area contributed by atoms with Crippen LogP contribution in [0.5, 0.6) is 0 Å². The lowest BCUT2D eigenvalue weighted by Gasteiger charge is -2.39. The minimum atomic E-state index is -1.59. The Morgan fingerprint density at radius 3 is 1.42 bits per heavy atom. The van der Waals surface area contributed by atoms with Crippen LogP contribution < -0.4 is 0 Å². The molecule has 0 saturated carbocycles. The van der Waals surface area contributed by atoms with Crippen LogP contribution >= 0.6 is 0 Å². The van der Waals surface area contributed by atoms with E-state index in [9.17, 15) is 30.0 Å². The van der Waals surface area contributed by atoms with E-state index in [2.05, 4.69) is 13.8 Å². The second-order valence-corrected chi connectivity index (χ2v) is 13.8. The highest BCUT2D eigenvalue weighted by Gasteiger charge is 2.44. The largest absolute Gasteiger partial charge is 0.462 e. The monoisotopic (exact) mass is 689 g/mol. The van der Waals surface area contributed by atoms with Crippen LogP contribution in [0.3, 0.4) is 0 Å². The van der Waals surface area contributed by atoms with E-state index in [4.69, 9.17) is 18.9 Å². The summed E-state index contributed by atoms with van der Waals surface area (Å²) in [7, 11) is 0. The Morgan fingerprint density at radius 1 is 0.562 bits per heavy atom. The SMILES string of the molecule is CCCCCCCCCCCCCCCCCC(=O)O[C@H](COC(=O)CCCCCCCCCC)CO[C@@H]1O[C@H](CO)[C@H](O)C(O)C1O. The van der Waals surface area contributed by atoms with Crippen LogP contribution in [0, 0.1) is 0 Å². The predicted octanol–water partition coefficient (Wildman–Crippen LogP) is 7.05. The fraction of sp³-hybridized carbons (Fsp3) is 0.947. The Hall–Kier alpha value is -1.30. The van der Waals surface area contributed by atoms with Gasteiger partial charge < -0.3 is 39.4 Å². The molecule has 10 nitrogen and oxygen atoms in total. The zero-order valence-electron chi connectivity index (χ0n) is 30.5. The molecule has 0 bridgehead atoms. The zero-order chi connectivity index (χ0) is 35.2. The van der Waals surface area contributed by atoms with Gasteiger partial charge in [0.25, 0.3) is 0 Å². The van der Waals surface area contributed by atoms with E-state index in [1.165, 1.54) is 103 Å². The molecular weight excluding hydrogens is 616 g/mol. The maximum Gasteiger partial charge on any atom is 0.306 e. The summed E-state index contributed by atoms with van der Waals surface area (Å²) in [4.78, 5) is 25.1. The van der Waals surface area contributed by atoms with Crippen LogP contribution in [0.15, 0.2) is 0 Å². The van der Waals surface area contributed by atoms with Crippen LogP contribution in [0.25, 0.3) is 0 Å². The summed E-state index contributed by atoms with van der Waals surface area (Å²) < 4.78 is 22.0. The van der Waals surface area contributed by atoms with Crippen molar-refractivity contribution in [2.45, 2.75) is 211 Å². The van der Waals surface area contributed by atoms with Gasteiger partial charge in [-0.3, -0.25) is 9.59 Å². The van der Waals surface area contributed by atoms with Gasteiger partial charge in [-0.1, -0.05) is 149 Å². The third-order valence-corrected chi connectivity index (χ3v) is 9.24. The number of ether oxygens (including phenoxy) is 4. The average molecular weight is 689 g/mol. The molecule has 2 unspecified atom stereocenters. The van der Waals surface area contributed by atoms with Gasteiger partial charge in [0.2, 0.25) is 0 Å². The molecule has 0 aliphatic carbocycles. The maximum absolute atomic E-state index is 12.7. The lowest BCUT2D eigenvalue weighted by atomic mass is 9.99. The van der Waals surface area contributed by atoms with Crippen LogP contribution in [-0.4, -0.2) is 89.0 Å². The first-order valence-electron chi connectivity index (χ1n) is 19.6. The van der Waals surface area contributed by atoms with Gasteiger partial charge >= 0.3 is 11.9 Å². The fourth-order valence-electron chi connectivity index (χ4n) is 6.07. The van der Waals surface area contributed by atoms with Crippen molar-refractivity contribution in [3.8, 4) is 0 Å². The first kappa shape index (κ1) is 44.7. The van der Waals surface area contributed by atoms with Crippen LogP contribution in [0.1, 0.15) is 174 Å². The van der Waals surface area contributed by atoms with Crippen molar-refractivity contribution in [2.24, 2.45) is 0 Å². The molecule has 0 aromatic rings. The second kappa shape index (κ2) is 30.5. The summed E-state index contributed by atoms with van der Waals surface area (Å²) in [6.45, 7) is 3.39. The summed E-state index contributed by atoms with van der Waals surface area (Å²) >= 11 is 0. The molecule has 0 spiro atoms. The van der Waals surface area contributed by atoms with E-state index in [-0.39, 0.29) is 32.0 Å². The molecule has 0 amide bonds. The molecule has 6 atom stereocenters. The Labute approximate surface area is 291 Å². The average Bonchev–Trinajstić information content (AvgIpc) is 3.08. The van der Waals surface area contributed by atoms with Crippen molar-refractivity contribution in [1.29, 1.82) is 0 Å². The molecular formula is C38H72O10. The van der Waals surface area contributed by atoms with E-state index in [0.29, 0.717) is 6.42 Å². The minimum absolute atomic E-state index is 0.210. The summed E-state index contributed by atoms with van der Waals surface area (Å²) in [5.41, 5.74) is 0. The van der Waals surface area contributed by atoms with Gasteiger partial charge in [-0.25, -0.2) is 0 Å². The van der Waals surface area contributed by atoms with Crippen molar-refractivity contribution in [2.75, 3.05) is 19.8 Å². The number of esters is 2. The number of hydrogen-bond acceptors (Lipinski definition) is 10. The summed E-state index contributed by atoms with van der Waals surface area (Å²) in [6.07, 6.45) is 19.8. The van der Waals surface area contributed by atoms with Crippen molar-refractivity contribution in [3.63, 3.8) is 0 Å². The number of aliphatic hydroxyl groups is 4. The number of aliphatic hydroxyl groups excluding tert-OH is 4. The topological polar surface area (TPSA) is 152 Å². The lowest BCUT2D eigenvalue weighted by Crippen LogP contribution is -2.59. The van der Waals surface area contributed by atoms with Crippen molar-refractivity contribution >= 4 is 11.9 Å². The van der Waals surface area contributed by atoms with Gasteiger partial charge in [0.15, 0.2) is 12.4 Å². The van der Waals surface area contributed by atoms with Crippen LogP contribution in [0.4, 0.5) is 0 Å². The highest BCUT2D eigenvalue weighted by molar-refractivity contribution is 5.70. The molecule has 0 aromatic carbocycles. The lowest BCUT2D eigenvalue weighted by molar-refractivity contribution is -0.305. The Morgan fingerprint density at radius 2 is 0.979 bits per heavy atom. The quantitative estimate of drug-likeness (QED) is 0.0427. The molecule has 4 N–H and O–H groups in total. The molecule has 0 radical (unpaired) electrons. The van der Waals surface area contributed by atoms with E-state index in [0.717, 1.165) is 38.5 Å². The third kappa shape index (κ3) is 22.4. The minimum Gasteiger partial charge on any atom is -0.462 e. The molecule has 0 aromatic heterocycles. The highest BCUT2D eigenvalue weighted by Crippen LogP contribution is 2.22. The number of carbonyl (C=O) groups excluding carboxylic acids is 2. The van der Waals surface area contributed by atoms with E-state index in [1.807, 2.05) is 0 Å². The molecule has 1 aliphatic rings. The van der Waals surface area contributed by atoms with Crippen LogP contribution in [-0.2, 0) is 28.5 Å². The van der Waals surface area contributed by atoms with E-state index < -0.39 is 49.4 Å². The van der Waals surface area contributed by atoms with Gasteiger partial charge in [0, 0.05) is 12.8 Å². The van der Waals surface area contributed by atoms with Gasteiger partial charge in [-0.15, -0.1) is 0 Å². The number of unbranched alkanes of at least 4 members (excludes halogenated alkanes) is 21. The summed E-state index contributed by atoms with van der Waals surface area (Å²) in [5.74, 6) is -0.802. The molecule has 1 rings (SSSR count). The molecule has 1 saturated heterocycles. The second-order valence-electron chi connectivity index (χ2n) is 13.8. The van der Waals surface area contributed by atoms with Crippen LogP contribution in [0.2, 0.25) is 0 Å². The Bertz CT molecular complexity index is 764. The Kier molecular flexibility index (Phi) is 28.4. The smallest absolute Gasteiger partial charge is 0.306 e. The third-order valence-electron chi connectivity index (χ3n) is 9.24. The number of carbonyl (C=O) groups is 2. The number of hydrogen-bond donors (Lipinski definition) is 4. The maximum atomic E-state index is 12.7. The predicted molar refractivity (Wildman–Crippen MR) is 187 cm³/mol. The van der Waals surface area contributed by atoms with Gasteiger partial charge in [-0.2, -0.15) is 0 Å². The van der Waals surface area contributed by atoms with Crippen molar-refractivity contribution in [3.05, 3.63) is 0 Å². The Balaban J connectivity index is 2.36.